The van der Waals surface area contributed by atoms with E-state index in [1.165, 1.54) is 18.4 Å². The molecule has 1 unspecified atom stereocenters. The smallest absolute Gasteiger partial charge is 0.339 e. The predicted molar refractivity (Wildman–Crippen MR) is 40.6 cm³/mol. The summed E-state index contributed by atoms with van der Waals surface area (Å²) in [5, 5.41) is 9.11. The molecule has 72 valence electrons. The molecule has 0 radical (unpaired) electrons. The number of halogens is 1. The Kier molecular flexibility index (Phi) is 2.86. The highest BCUT2D eigenvalue weighted by Crippen LogP contribution is 2.19. The molecule has 5 nitrogen and oxygen atoms in total. The van der Waals surface area contributed by atoms with Crippen molar-refractivity contribution in [2.45, 2.75) is 6.04 Å². The zero-order chi connectivity index (χ0) is 9.84. The second-order valence-corrected chi connectivity index (χ2v) is 2.37. The number of amides is 2. The molecule has 6 heteroatoms. The van der Waals surface area contributed by atoms with Gasteiger partial charge < -0.3 is 10.2 Å². The summed E-state index contributed by atoms with van der Waals surface area (Å²) in [5.74, 6) is 0.142. The SMILES string of the molecule is NC(=O)N(O)C(CF)c1ccco1. The van der Waals surface area contributed by atoms with Gasteiger partial charge in [0.15, 0.2) is 0 Å². The summed E-state index contributed by atoms with van der Waals surface area (Å²) in [6.07, 6.45) is 1.31. The Labute approximate surface area is 73.5 Å². The number of carbonyl (C=O) groups is 1. The second-order valence-electron chi connectivity index (χ2n) is 2.37. The number of alkyl halides is 1. The number of nitrogens with two attached hydrogens (primary N) is 1. The van der Waals surface area contributed by atoms with Gasteiger partial charge in [0.2, 0.25) is 0 Å². The molecule has 0 aliphatic rings. The Hall–Kier alpha value is -1.56. The molecule has 1 aromatic rings. The molecule has 0 spiro atoms. The van der Waals surface area contributed by atoms with Crippen LogP contribution in [0.5, 0.6) is 0 Å². The van der Waals surface area contributed by atoms with Crippen molar-refractivity contribution >= 4 is 6.03 Å². The number of carbonyl (C=O) groups excluding carboxylic acids is 1. The van der Waals surface area contributed by atoms with E-state index in [1.54, 1.807) is 0 Å². The van der Waals surface area contributed by atoms with E-state index in [1.807, 2.05) is 0 Å². The van der Waals surface area contributed by atoms with Crippen molar-refractivity contribution in [3.05, 3.63) is 24.2 Å². The zero-order valence-electron chi connectivity index (χ0n) is 6.68. The van der Waals surface area contributed by atoms with Crippen LogP contribution in [0.4, 0.5) is 9.18 Å². The number of hydrogen-bond acceptors (Lipinski definition) is 3. The van der Waals surface area contributed by atoms with Crippen LogP contribution in [0.2, 0.25) is 0 Å². The Morgan fingerprint density at radius 2 is 2.54 bits per heavy atom. The van der Waals surface area contributed by atoms with Crippen LogP contribution in [0.25, 0.3) is 0 Å². The molecule has 1 rings (SSSR count). The Balaban J connectivity index is 2.79. The molecule has 0 saturated carbocycles. The lowest BCUT2D eigenvalue weighted by molar-refractivity contribution is -0.0874. The fourth-order valence-corrected chi connectivity index (χ4v) is 0.896. The molecule has 0 bridgehead atoms. The van der Waals surface area contributed by atoms with E-state index in [2.05, 4.69) is 0 Å². The zero-order valence-corrected chi connectivity index (χ0v) is 6.68. The van der Waals surface area contributed by atoms with E-state index in [0.29, 0.717) is 0 Å². The molecule has 1 aromatic heterocycles. The standard InChI is InChI=1S/C7H9FN2O3/c8-4-5(10(12)7(9)11)6-2-1-3-13-6/h1-3,5,12H,4H2,(H2,9,11). The molecule has 0 saturated heterocycles. The van der Waals surface area contributed by atoms with Crippen LogP contribution < -0.4 is 5.73 Å². The average molecular weight is 188 g/mol. The lowest BCUT2D eigenvalue weighted by Gasteiger charge is -2.19. The molecular weight excluding hydrogens is 179 g/mol. The lowest BCUT2D eigenvalue weighted by Crippen LogP contribution is -2.36. The van der Waals surface area contributed by atoms with Crippen molar-refractivity contribution in [2.24, 2.45) is 5.73 Å². The van der Waals surface area contributed by atoms with Gasteiger partial charge in [0.1, 0.15) is 18.5 Å². The van der Waals surface area contributed by atoms with Gasteiger partial charge in [-0.15, -0.1) is 0 Å². The monoisotopic (exact) mass is 188 g/mol. The normalized spacial score (nSPS) is 12.5. The van der Waals surface area contributed by atoms with E-state index in [4.69, 9.17) is 15.4 Å². The number of hydrogen-bond donors (Lipinski definition) is 2. The molecule has 2 amide bonds. The van der Waals surface area contributed by atoms with E-state index < -0.39 is 18.7 Å². The van der Waals surface area contributed by atoms with Gasteiger partial charge in [0.25, 0.3) is 0 Å². The van der Waals surface area contributed by atoms with Gasteiger partial charge in [0, 0.05) is 0 Å². The molecule has 0 aromatic carbocycles. The lowest BCUT2D eigenvalue weighted by atomic mass is 10.2. The minimum Gasteiger partial charge on any atom is -0.467 e. The number of urea groups is 1. The summed E-state index contributed by atoms with van der Waals surface area (Å²) < 4.78 is 17.2. The first kappa shape index (κ1) is 9.53. The third-order valence-corrected chi connectivity index (χ3v) is 1.54. The van der Waals surface area contributed by atoms with Crippen LogP contribution >= 0.6 is 0 Å². The van der Waals surface area contributed by atoms with Crippen LogP contribution in [0, 0.1) is 0 Å². The number of primary amides is 1. The van der Waals surface area contributed by atoms with Crippen LogP contribution in [0.15, 0.2) is 22.8 Å². The van der Waals surface area contributed by atoms with E-state index in [-0.39, 0.29) is 10.8 Å². The Morgan fingerprint density at radius 1 is 1.85 bits per heavy atom. The topological polar surface area (TPSA) is 79.7 Å². The molecule has 0 fully saturated rings. The summed E-state index contributed by atoms with van der Waals surface area (Å²) in [6.45, 7) is -0.965. The first-order valence-corrected chi connectivity index (χ1v) is 3.53. The quantitative estimate of drug-likeness (QED) is 0.549. The minimum atomic E-state index is -1.17. The van der Waals surface area contributed by atoms with Gasteiger partial charge >= 0.3 is 6.03 Å². The predicted octanol–water partition coefficient (Wildman–Crippen LogP) is 1.06. The van der Waals surface area contributed by atoms with Crippen molar-refractivity contribution < 1.29 is 18.8 Å². The molecular formula is C7H9FN2O3. The van der Waals surface area contributed by atoms with Gasteiger partial charge in [-0.3, -0.25) is 5.21 Å². The van der Waals surface area contributed by atoms with E-state index >= 15 is 0 Å². The average Bonchev–Trinajstić information content (AvgIpc) is 2.58. The van der Waals surface area contributed by atoms with Crippen molar-refractivity contribution in [2.75, 3.05) is 6.67 Å². The highest BCUT2D eigenvalue weighted by atomic mass is 19.1. The highest BCUT2D eigenvalue weighted by Gasteiger charge is 2.24. The summed E-state index contributed by atoms with van der Waals surface area (Å²) in [4.78, 5) is 10.5. The molecule has 0 aliphatic heterocycles. The maximum atomic E-state index is 12.4. The molecule has 13 heavy (non-hydrogen) atoms. The van der Waals surface area contributed by atoms with Gasteiger partial charge in [-0.2, -0.15) is 5.06 Å². The summed E-state index contributed by atoms with van der Waals surface area (Å²) in [6, 6.07) is 0.662. The van der Waals surface area contributed by atoms with Gasteiger partial charge in [-0.25, -0.2) is 9.18 Å². The molecule has 0 aliphatic carbocycles. The van der Waals surface area contributed by atoms with Crippen molar-refractivity contribution in [1.29, 1.82) is 0 Å². The maximum absolute atomic E-state index is 12.4. The first-order chi connectivity index (χ1) is 6.16. The first-order valence-electron chi connectivity index (χ1n) is 3.53. The number of hydroxylamine groups is 2. The Bertz CT molecular complexity index is 275. The fraction of sp³-hybridized carbons (Fsp3) is 0.286. The Morgan fingerprint density at radius 3 is 2.92 bits per heavy atom. The van der Waals surface area contributed by atoms with Gasteiger partial charge in [-0.1, -0.05) is 0 Å². The number of furan rings is 1. The van der Waals surface area contributed by atoms with E-state index in [9.17, 15) is 9.18 Å². The molecule has 1 atom stereocenters. The van der Waals surface area contributed by atoms with Gasteiger partial charge in [-0.05, 0) is 12.1 Å². The molecule has 1 heterocycles. The fourth-order valence-electron chi connectivity index (χ4n) is 0.896. The summed E-state index contributed by atoms with van der Waals surface area (Å²) >= 11 is 0. The van der Waals surface area contributed by atoms with E-state index in [0.717, 1.165) is 0 Å². The van der Waals surface area contributed by atoms with Crippen LogP contribution in [-0.2, 0) is 0 Å². The largest absolute Gasteiger partial charge is 0.467 e. The van der Waals surface area contributed by atoms with Crippen LogP contribution in [0.1, 0.15) is 11.8 Å². The third-order valence-electron chi connectivity index (χ3n) is 1.54. The van der Waals surface area contributed by atoms with Crippen molar-refractivity contribution in [1.82, 2.24) is 5.06 Å². The van der Waals surface area contributed by atoms with Crippen molar-refractivity contribution in [3.63, 3.8) is 0 Å². The van der Waals surface area contributed by atoms with Gasteiger partial charge in [0.05, 0.1) is 6.26 Å². The van der Waals surface area contributed by atoms with Crippen LogP contribution in [0.3, 0.4) is 0 Å². The number of nitrogens with zero attached hydrogens (tertiary/aromatic N) is 1. The number of rotatable bonds is 3. The van der Waals surface area contributed by atoms with Crippen molar-refractivity contribution in [3.8, 4) is 0 Å². The maximum Gasteiger partial charge on any atom is 0.339 e. The van der Waals surface area contributed by atoms with Crippen LogP contribution in [-0.4, -0.2) is 23.0 Å². The summed E-state index contributed by atoms with van der Waals surface area (Å²) in [5.41, 5.74) is 4.75. The minimum absolute atomic E-state index is 0.0961. The highest BCUT2D eigenvalue weighted by molar-refractivity contribution is 5.71. The third kappa shape index (κ3) is 1.97. The second kappa shape index (κ2) is 3.90. The molecule has 3 N–H and O–H groups in total. The summed E-state index contributed by atoms with van der Waals surface area (Å²) in [7, 11) is 0.